The summed E-state index contributed by atoms with van der Waals surface area (Å²) < 4.78 is 0.0143. The van der Waals surface area contributed by atoms with Crippen molar-refractivity contribution in [1.82, 2.24) is 4.90 Å². The molecule has 0 saturated carbocycles. The molecular weight excluding hydrogens is 288 g/mol. The Kier molecular flexibility index (Phi) is 4.09. The van der Waals surface area contributed by atoms with Crippen molar-refractivity contribution in [2.24, 2.45) is 0 Å². The number of nitrogens with zero attached hydrogens (tertiary/aromatic N) is 1. The Bertz CT molecular complexity index is 620. The minimum Gasteiger partial charge on any atom is -0.325 e. The van der Waals surface area contributed by atoms with E-state index in [9.17, 15) is 14.4 Å². The summed E-state index contributed by atoms with van der Waals surface area (Å²) in [4.78, 5) is 36.6. The molecule has 1 aromatic carbocycles. The number of hydrogen-bond acceptors (Lipinski definition) is 4. The fourth-order valence-corrected chi connectivity index (χ4v) is 2.55. The molecule has 0 aromatic heterocycles. The molecular formula is C15H18N2O3S. The third kappa shape index (κ3) is 3.44. The number of amides is 3. The van der Waals surface area contributed by atoms with Gasteiger partial charge in [-0.25, -0.2) is 0 Å². The number of hydrogen-bond donors (Lipinski definition) is 1. The summed E-state index contributed by atoms with van der Waals surface area (Å²) in [5.41, 5.74) is 1.25. The van der Waals surface area contributed by atoms with Crippen molar-refractivity contribution in [3.63, 3.8) is 0 Å². The van der Waals surface area contributed by atoms with E-state index in [-0.39, 0.29) is 22.5 Å². The molecule has 0 saturated heterocycles. The Morgan fingerprint density at radius 2 is 1.81 bits per heavy atom. The minimum absolute atomic E-state index is 0.0143. The molecule has 21 heavy (non-hydrogen) atoms. The molecule has 0 bridgehead atoms. The molecule has 6 heteroatoms. The van der Waals surface area contributed by atoms with Gasteiger partial charge in [-0.15, -0.1) is 11.8 Å². The normalized spacial score (nSPS) is 14.4. The lowest BCUT2D eigenvalue weighted by atomic mass is 10.1. The van der Waals surface area contributed by atoms with Crippen LogP contribution in [0.1, 0.15) is 41.5 Å². The van der Waals surface area contributed by atoms with Crippen LogP contribution < -0.4 is 5.32 Å². The van der Waals surface area contributed by atoms with Crippen LogP contribution in [0.2, 0.25) is 0 Å². The molecule has 1 aliphatic rings. The van der Waals surface area contributed by atoms with Gasteiger partial charge in [0.1, 0.15) is 0 Å². The van der Waals surface area contributed by atoms with Gasteiger partial charge in [-0.2, -0.15) is 0 Å². The molecule has 5 nitrogen and oxygen atoms in total. The lowest BCUT2D eigenvalue weighted by Crippen LogP contribution is -2.24. The zero-order valence-electron chi connectivity index (χ0n) is 12.5. The average Bonchev–Trinajstić information content (AvgIpc) is 2.61. The van der Waals surface area contributed by atoms with Crippen molar-refractivity contribution in [2.45, 2.75) is 25.5 Å². The van der Waals surface area contributed by atoms with Gasteiger partial charge in [0, 0.05) is 17.5 Å². The van der Waals surface area contributed by atoms with Crippen LogP contribution in [-0.4, -0.2) is 40.2 Å². The summed E-state index contributed by atoms with van der Waals surface area (Å²) >= 11 is 1.55. The Balaban J connectivity index is 2.09. The smallest absolute Gasteiger partial charge is 0.261 e. The summed E-state index contributed by atoms with van der Waals surface area (Å²) in [6, 6.07) is 4.77. The van der Waals surface area contributed by atoms with E-state index in [0.717, 1.165) is 4.90 Å². The molecule has 1 heterocycles. The first-order valence-corrected chi connectivity index (χ1v) is 7.58. The number of carbonyl (C=O) groups is 3. The third-order valence-electron chi connectivity index (χ3n) is 3.01. The van der Waals surface area contributed by atoms with Gasteiger partial charge in [-0.3, -0.25) is 19.3 Å². The van der Waals surface area contributed by atoms with Crippen LogP contribution in [0, 0.1) is 0 Å². The first kappa shape index (κ1) is 15.6. The van der Waals surface area contributed by atoms with Gasteiger partial charge < -0.3 is 5.32 Å². The van der Waals surface area contributed by atoms with Gasteiger partial charge in [-0.05, 0) is 18.2 Å². The van der Waals surface area contributed by atoms with Crippen molar-refractivity contribution in [3.05, 3.63) is 29.3 Å². The van der Waals surface area contributed by atoms with E-state index in [1.807, 2.05) is 20.8 Å². The minimum atomic E-state index is -0.338. The fourth-order valence-electron chi connectivity index (χ4n) is 1.92. The van der Waals surface area contributed by atoms with Crippen molar-refractivity contribution in [1.29, 1.82) is 0 Å². The van der Waals surface area contributed by atoms with Gasteiger partial charge in [-0.1, -0.05) is 20.8 Å². The highest BCUT2D eigenvalue weighted by Gasteiger charge is 2.32. The molecule has 2 rings (SSSR count). The molecule has 0 unspecified atom stereocenters. The number of benzene rings is 1. The Hall–Kier alpha value is -1.82. The molecule has 0 aliphatic carbocycles. The van der Waals surface area contributed by atoms with Crippen LogP contribution in [0.5, 0.6) is 0 Å². The summed E-state index contributed by atoms with van der Waals surface area (Å²) in [5.74, 6) is -0.431. The standard InChI is InChI=1S/C15H18N2O3S/c1-15(2,3)21-8-12(18)16-9-5-6-10-11(7-9)14(20)17(4)13(10)19/h5-7H,8H2,1-4H3,(H,16,18). The molecule has 0 atom stereocenters. The number of imide groups is 1. The van der Waals surface area contributed by atoms with Gasteiger partial charge >= 0.3 is 0 Å². The number of thioether (sulfide) groups is 1. The van der Waals surface area contributed by atoms with Gasteiger partial charge in [0.15, 0.2) is 0 Å². The number of rotatable bonds is 3. The molecule has 0 spiro atoms. The second-order valence-electron chi connectivity index (χ2n) is 5.88. The van der Waals surface area contributed by atoms with Gasteiger partial charge in [0.05, 0.1) is 16.9 Å². The molecule has 0 radical (unpaired) electrons. The first-order chi connectivity index (χ1) is 9.69. The topological polar surface area (TPSA) is 66.5 Å². The maximum Gasteiger partial charge on any atom is 0.261 e. The highest BCUT2D eigenvalue weighted by molar-refractivity contribution is 8.01. The Morgan fingerprint density at radius 3 is 2.43 bits per heavy atom. The van der Waals surface area contributed by atoms with Gasteiger partial charge in [0.25, 0.3) is 11.8 Å². The predicted octanol–water partition coefficient (Wildman–Crippen LogP) is 2.38. The van der Waals surface area contributed by atoms with Crippen molar-refractivity contribution in [2.75, 3.05) is 18.1 Å². The van der Waals surface area contributed by atoms with Crippen molar-refractivity contribution in [3.8, 4) is 0 Å². The summed E-state index contributed by atoms with van der Waals surface area (Å²) in [5, 5.41) is 2.75. The number of nitrogens with one attached hydrogen (secondary N) is 1. The number of carbonyl (C=O) groups excluding carboxylic acids is 3. The summed E-state index contributed by atoms with van der Waals surface area (Å²) in [6.45, 7) is 6.13. The quantitative estimate of drug-likeness (QED) is 0.871. The lowest BCUT2D eigenvalue weighted by molar-refractivity contribution is -0.113. The molecule has 1 aromatic rings. The molecule has 1 aliphatic heterocycles. The SMILES string of the molecule is CN1C(=O)c2ccc(NC(=O)CSC(C)(C)C)cc2C1=O. The van der Waals surface area contributed by atoms with Crippen LogP contribution >= 0.6 is 11.8 Å². The predicted molar refractivity (Wildman–Crippen MR) is 83.7 cm³/mol. The van der Waals surface area contributed by atoms with Crippen LogP contribution in [0.3, 0.4) is 0 Å². The maximum absolute atomic E-state index is 11.9. The summed E-state index contributed by atoms with van der Waals surface area (Å²) in [7, 11) is 1.45. The number of anilines is 1. The van der Waals surface area contributed by atoms with E-state index in [2.05, 4.69) is 5.32 Å². The monoisotopic (exact) mass is 306 g/mol. The fraction of sp³-hybridized carbons (Fsp3) is 0.400. The lowest BCUT2D eigenvalue weighted by Gasteiger charge is -2.17. The first-order valence-electron chi connectivity index (χ1n) is 6.59. The zero-order valence-corrected chi connectivity index (χ0v) is 13.3. The second kappa shape index (κ2) is 5.52. The average molecular weight is 306 g/mol. The van der Waals surface area contributed by atoms with Gasteiger partial charge in [0.2, 0.25) is 5.91 Å². The van der Waals surface area contributed by atoms with E-state index in [1.54, 1.807) is 30.0 Å². The highest BCUT2D eigenvalue weighted by Crippen LogP contribution is 2.26. The molecule has 0 fully saturated rings. The van der Waals surface area contributed by atoms with E-state index >= 15 is 0 Å². The van der Waals surface area contributed by atoms with Crippen molar-refractivity contribution >= 4 is 35.2 Å². The highest BCUT2D eigenvalue weighted by atomic mass is 32.2. The van der Waals surface area contributed by atoms with E-state index < -0.39 is 0 Å². The van der Waals surface area contributed by atoms with Crippen LogP contribution in [0.15, 0.2) is 18.2 Å². The van der Waals surface area contributed by atoms with Crippen LogP contribution in [-0.2, 0) is 4.79 Å². The van der Waals surface area contributed by atoms with E-state index in [4.69, 9.17) is 0 Å². The van der Waals surface area contributed by atoms with E-state index in [0.29, 0.717) is 22.6 Å². The third-order valence-corrected chi connectivity index (χ3v) is 4.28. The molecule has 3 amide bonds. The van der Waals surface area contributed by atoms with Crippen LogP contribution in [0.4, 0.5) is 5.69 Å². The molecule has 1 N–H and O–H groups in total. The number of fused-ring (bicyclic) bond motifs is 1. The zero-order chi connectivity index (χ0) is 15.8. The molecule has 112 valence electrons. The maximum atomic E-state index is 11.9. The summed E-state index contributed by atoms with van der Waals surface area (Å²) in [6.07, 6.45) is 0. The van der Waals surface area contributed by atoms with Crippen LogP contribution in [0.25, 0.3) is 0 Å². The Morgan fingerprint density at radius 1 is 1.19 bits per heavy atom. The largest absolute Gasteiger partial charge is 0.325 e. The van der Waals surface area contributed by atoms with Crippen molar-refractivity contribution < 1.29 is 14.4 Å². The van der Waals surface area contributed by atoms with E-state index in [1.165, 1.54) is 7.05 Å². The second-order valence-corrected chi connectivity index (χ2v) is 7.68. The Labute approximate surface area is 128 Å².